The topological polar surface area (TPSA) is 24.1 Å². The molecule has 2 nitrogen and oxygen atoms in total. The molecule has 2 N–H and O–H groups in total. The van der Waals surface area contributed by atoms with Crippen molar-refractivity contribution < 1.29 is 4.39 Å². The van der Waals surface area contributed by atoms with Gasteiger partial charge in [-0.1, -0.05) is 35.8 Å². The SMILES string of the molecule is CC(C)CNCCNCc1ccc(F)cc1Br. The van der Waals surface area contributed by atoms with Crippen molar-refractivity contribution >= 4 is 15.9 Å². The molecule has 17 heavy (non-hydrogen) atoms. The Labute approximate surface area is 111 Å². The first-order valence-electron chi connectivity index (χ1n) is 5.95. The lowest BCUT2D eigenvalue weighted by atomic mass is 10.2. The van der Waals surface area contributed by atoms with Gasteiger partial charge in [-0.3, -0.25) is 0 Å². The highest BCUT2D eigenvalue weighted by Gasteiger charge is 2.00. The average molecular weight is 303 g/mol. The second-order valence-corrected chi connectivity index (χ2v) is 5.36. The molecule has 0 atom stereocenters. The number of benzene rings is 1. The van der Waals surface area contributed by atoms with Gasteiger partial charge in [0.1, 0.15) is 5.82 Å². The van der Waals surface area contributed by atoms with Crippen LogP contribution >= 0.6 is 15.9 Å². The van der Waals surface area contributed by atoms with Crippen LogP contribution in [0, 0.1) is 11.7 Å². The summed E-state index contributed by atoms with van der Waals surface area (Å²) in [6.45, 7) is 8.05. The molecule has 1 rings (SSSR count). The van der Waals surface area contributed by atoms with Gasteiger partial charge < -0.3 is 10.6 Å². The second-order valence-electron chi connectivity index (χ2n) is 4.51. The van der Waals surface area contributed by atoms with E-state index in [1.807, 2.05) is 0 Å². The van der Waals surface area contributed by atoms with E-state index in [4.69, 9.17) is 0 Å². The van der Waals surface area contributed by atoms with Crippen LogP contribution in [0.4, 0.5) is 4.39 Å². The Kier molecular flexibility index (Phi) is 6.70. The van der Waals surface area contributed by atoms with Gasteiger partial charge >= 0.3 is 0 Å². The first-order chi connectivity index (χ1) is 8.09. The van der Waals surface area contributed by atoms with E-state index in [9.17, 15) is 4.39 Å². The maximum Gasteiger partial charge on any atom is 0.124 e. The van der Waals surface area contributed by atoms with Gasteiger partial charge in [-0.2, -0.15) is 0 Å². The third kappa shape index (κ3) is 6.15. The molecule has 0 heterocycles. The summed E-state index contributed by atoms with van der Waals surface area (Å²) in [4.78, 5) is 0. The van der Waals surface area contributed by atoms with Gasteiger partial charge in [-0.15, -0.1) is 0 Å². The fourth-order valence-corrected chi connectivity index (χ4v) is 1.95. The minimum atomic E-state index is -0.209. The molecule has 96 valence electrons. The average Bonchev–Trinajstić information content (AvgIpc) is 2.25. The molecule has 0 fully saturated rings. The van der Waals surface area contributed by atoms with Crippen LogP contribution in [0.5, 0.6) is 0 Å². The summed E-state index contributed by atoms with van der Waals surface area (Å²) in [6.07, 6.45) is 0. The second kappa shape index (κ2) is 7.80. The van der Waals surface area contributed by atoms with Gasteiger partial charge in [0.15, 0.2) is 0 Å². The smallest absolute Gasteiger partial charge is 0.124 e. The lowest BCUT2D eigenvalue weighted by Crippen LogP contribution is -2.29. The summed E-state index contributed by atoms with van der Waals surface area (Å²) < 4.78 is 13.7. The van der Waals surface area contributed by atoms with E-state index >= 15 is 0 Å². The van der Waals surface area contributed by atoms with E-state index in [-0.39, 0.29) is 5.82 Å². The van der Waals surface area contributed by atoms with E-state index in [0.29, 0.717) is 5.92 Å². The van der Waals surface area contributed by atoms with Gasteiger partial charge in [0, 0.05) is 24.1 Å². The van der Waals surface area contributed by atoms with Crippen molar-refractivity contribution in [1.29, 1.82) is 0 Å². The highest BCUT2D eigenvalue weighted by molar-refractivity contribution is 9.10. The Morgan fingerprint density at radius 2 is 1.94 bits per heavy atom. The molecule has 4 heteroatoms. The third-order valence-corrected chi connectivity index (χ3v) is 3.10. The van der Waals surface area contributed by atoms with E-state index in [0.717, 1.165) is 36.2 Å². The van der Waals surface area contributed by atoms with Gasteiger partial charge in [-0.05, 0) is 30.2 Å². The Bertz CT molecular complexity index is 342. The standard InChI is InChI=1S/C13H20BrFN2/c1-10(2)8-16-5-6-17-9-11-3-4-12(15)7-13(11)14/h3-4,7,10,16-17H,5-6,8-9H2,1-2H3. The van der Waals surface area contributed by atoms with E-state index in [2.05, 4.69) is 40.4 Å². The van der Waals surface area contributed by atoms with Crippen molar-refractivity contribution in [3.05, 3.63) is 34.1 Å². The Balaban J connectivity index is 2.18. The van der Waals surface area contributed by atoms with Crippen LogP contribution in [-0.2, 0) is 6.54 Å². The molecule has 0 saturated heterocycles. The third-order valence-electron chi connectivity index (χ3n) is 2.36. The predicted octanol–water partition coefficient (Wildman–Crippen LogP) is 2.92. The van der Waals surface area contributed by atoms with Crippen LogP contribution in [0.25, 0.3) is 0 Å². The van der Waals surface area contributed by atoms with Gasteiger partial charge in [0.25, 0.3) is 0 Å². The molecule has 0 aliphatic rings. The molecule has 0 unspecified atom stereocenters. The number of halogens is 2. The Hall–Kier alpha value is -0.450. The molecule has 0 saturated carbocycles. The van der Waals surface area contributed by atoms with Crippen LogP contribution in [-0.4, -0.2) is 19.6 Å². The molecule has 0 spiro atoms. The van der Waals surface area contributed by atoms with E-state index in [1.165, 1.54) is 12.1 Å². The summed E-state index contributed by atoms with van der Waals surface area (Å²) in [5.41, 5.74) is 1.08. The van der Waals surface area contributed by atoms with Crippen molar-refractivity contribution in [2.24, 2.45) is 5.92 Å². The summed E-state index contributed by atoms with van der Waals surface area (Å²) in [6, 6.07) is 4.78. The zero-order chi connectivity index (χ0) is 12.7. The molecule has 0 radical (unpaired) electrons. The maximum absolute atomic E-state index is 12.9. The molecule has 1 aromatic rings. The molecular formula is C13H20BrFN2. The van der Waals surface area contributed by atoms with Crippen molar-refractivity contribution in [1.82, 2.24) is 10.6 Å². The molecule has 0 bridgehead atoms. The van der Waals surface area contributed by atoms with Gasteiger partial charge in [0.05, 0.1) is 0 Å². The lowest BCUT2D eigenvalue weighted by Gasteiger charge is -2.09. The van der Waals surface area contributed by atoms with Gasteiger partial charge in [-0.25, -0.2) is 4.39 Å². The van der Waals surface area contributed by atoms with Crippen molar-refractivity contribution in [2.75, 3.05) is 19.6 Å². The van der Waals surface area contributed by atoms with E-state index in [1.54, 1.807) is 6.07 Å². The number of hydrogen-bond donors (Lipinski definition) is 2. The number of rotatable bonds is 7. The number of hydrogen-bond acceptors (Lipinski definition) is 2. The Morgan fingerprint density at radius 1 is 1.24 bits per heavy atom. The first-order valence-corrected chi connectivity index (χ1v) is 6.74. The fourth-order valence-electron chi connectivity index (χ4n) is 1.46. The molecule has 0 amide bonds. The summed E-state index contributed by atoms with van der Waals surface area (Å²) >= 11 is 3.35. The predicted molar refractivity (Wildman–Crippen MR) is 73.5 cm³/mol. The van der Waals surface area contributed by atoms with Crippen molar-refractivity contribution in [3.63, 3.8) is 0 Å². The highest BCUT2D eigenvalue weighted by atomic mass is 79.9. The molecule has 0 aromatic heterocycles. The van der Waals surface area contributed by atoms with Crippen molar-refractivity contribution in [2.45, 2.75) is 20.4 Å². The summed E-state index contributed by atoms with van der Waals surface area (Å²) in [5.74, 6) is 0.473. The van der Waals surface area contributed by atoms with Crippen molar-refractivity contribution in [3.8, 4) is 0 Å². The summed E-state index contributed by atoms with van der Waals surface area (Å²) in [7, 11) is 0. The Morgan fingerprint density at radius 3 is 2.59 bits per heavy atom. The molecule has 0 aliphatic carbocycles. The first kappa shape index (κ1) is 14.6. The molecular weight excluding hydrogens is 283 g/mol. The quantitative estimate of drug-likeness (QED) is 0.757. The maximum atomic E-state index is 12.9. The largest absolute Gasteiger partial charge is 0.315 e. The zero-order valence-electron chi connectivity index (χ0n) is 10.4. The van der Waals surface area contributed by atoms with E-state index < -0.39 is 0 Å². The van der Waals surface area contributed by atoms with Crippen LogP contribution in [0.3, 0.4) is 0 Å². The minimum absolute atomic E-state index is 0.209. The number of nitrogens with one attached hydrogen (secondary N) is 2. The van der Waals surface area contributed by atoms with Crippen LogP contribution in [0.15, 0.2) is 22.7 Å². The normalized spacial score (nSPS) is 11.1. The molecule has 0 aliphatic heterocycles. The highest BCUT2D eigenvalue weighted by Crippen LogP contribution is 2.17. The lowest BCUT2D eigenvalue weighted by molar-refractivity contribution is 0.535. The van der Waals surface area contributed by atoms with Crippen LogP contribution in [0.1, 0.15) is 19.4 Å². The van der Waals surface area contributed by atoms with Gasteiger partial charge in [0.2, 0.25) is 0 Å². The molecule has 1 aromatic carbocycles. The van der Waals surface area contributed by atoms with Crippen LogP contribution in [0.2, 0.25) is 0 Å². The fraction of sp³-hybridized carbons (Fsp3) is 0.538. The monoisotopic (exact) mass is 302 g/mol. The minimum Gasteiger partial charge on any atom is -0.315 e. The van der Waals surface area contributed by atoms with Crippen LogP contribution < -0.4 is 10.6 Å². The summed E-state index contributed by atoms with van der Waals surface area (Å²) in [5, 5.41) is 6.68. The zero-order valence-corrected chi connectivity index (χ0v) is 12.0.